The highest BCUT2D eigenvalue weighted by Gasteiger charge is 2.26. The largest absolute Gasteiger partial charge is 0.375 e. The molecule has 32 heavy (non-hydrogen) atoms. The number of carbonyl (C=O) groups is 1. The van der Waals surface area contributed by atoms with Gasteiger partial charge in [-0.25, -0.2) is 4.98 Å². The number of amides is 1. The summed E-state index contributed by atoms with van der Waals surface area (Å²) in [5, 5.41) is 0.761. The molecule has 0 radical (unpaired) electrons. The predicted octanol–water partition coefficient (Wildman–Crippen LogP) is 5.44. The van der Waals surface area contributed by atoms with E-state index in [-0.39, 0.29) is 5.91 Å². The van der Waals surface area contributed by atoms with E-state index in [1.165, 1.54) is 5.56 Å². The molecule has 0 atom stereocenters. The van der Waals surface area contributed by atoms with Crippen molar-refractivity contribution in [1.29, 1.82) is 0 Å². The first-order valence-electron chi connectivity index (χ1n) is 11.3. The molecule has 1 amide bonds. The summed E-state index contributed by atoms with van der Waals surface area (Å²) in [6.45, 7) is 6.90. The first-order chi connectivity index (χ1) is 15.5. The Morgan fingerprint density at radius 1 is 1.12 bits per heavy atom. The molecule has 5 rings (SSSR count). The van der Waals surface area contributed by atoms with Gasteiger partial charge >= 0.3 is 0 Å². The van der Waals surface area contributed by atoms with Crippen molar-refractivity contribution >= 4 is 17.5 Å². The molecule has 6 heteroatoms. The monoisotopic (exact) mass is 449 g/mol. The van der Waals surface area contributed by atoms with Gasteiger partial charge in [0, 0.05) is 35.7 Å². The Kier molecular flexibility index (Phi) is 5.78. The normalized spacial score (nSPS) is 16.8. The first kappa shape index (κ1) is 21.2. The van der Waals surface area contributed by atoms with Gasteiger partial charge in [0.25, 0.3) is 5.91 Å². The maximum atomic E-state index is 13.5. The molecule has 0 aliphatic carbocycles. The van der Waals surface area contributed by atoms with Crippen molar-refractivity contribution in [3.8, 4) is 11.4 Å². The van der Waals surface area contributed by atoms with E-state index < -0.39 is 0 Å². The number of imidazole rings is 1. The predicted molar refractivity (Wildman–Crippen MR) is 126 cm³/mol. The van der Waals surface area contributed by atoms with Crippen LogP contribution in [0, 0.1) is 13.8 Å². The highest BCUT2D eigenvalue weighted by Crippen LogP contribution is 2.31. The number of aromatic amines is 1. The number of aromatic nitrogens is 2. The molecule has 166 valence electrons. The number of carbonyl (C=O) groups excluding carboxylic acids is 1. The van der Waals surface area contributed by atoms with Crippen LogP contribution in [0.2, 0.25) is 5.02 Å². The van der Waals surface area contributed by atoms with E-state index in [4.69, 9.17) is 21.3 Å². The molecule has 3 heterocycles. The zero-order valence-corrected chi connectivity index (χ0v) is 19.3. The summed E-state index contributed by atoms with van der Waals surface area (Å²) in [6, 6.07) is 12.2. The average molecular weight is 450 g/mol. The van der Waals surface area contributed by atoms with E-state index in [2.05, 4.69) is 30.1 Å². The first-order valence-corrected chi connectivity index (χ1v) is 11.7. The Hall–Kier alpha value is -2.63. The third kappa shape index (κ3) is 4.07. The second kappa shape index (κ2) is 8.72. The fourth-order valence-electron chi connectivity index (χ4n) is 4.90. The molecule has 2 aromatic carbocycles. The number of H-pyrrole nitrogens is 1. The second-order valence-corrected chi connectivity index (χ2v) is 9.35. The van der Waals surface area contributed by atoms with Crippen LogP contribution in [-0.2, 0) is 17.8 Å². The Labute approximate surface area is 193 Å². The van der Waals surface area contributed by atoms with Gasteiger partial charge in [-0.1, -0.05) is 29.8 Å². The van der Waals surface area contributed by atoms with Crippen LogP contribution < -0.4 is 0 Å². The molecule has 0 saturated carbocycles. The molecule has 0 bridgehead atoms. The maximum Gasteiger partial charge on any atom is 0.254 e. The van der Waals surface area contributed by atoms with Crippen molar-refractivity contribution in [2.45, 2.75) is 45.6 Å². The number of ether oxygens (including phenoxy) is 1. The number of piperidine rings is 1. The van der Waals surface area contributed by atoms with Crippen LogP contribution in [0.3, 0.4) is 0 Å². The summed E-state index contributed by atoms with van der Waals surface area (Å²) in [4.78, 5) is 23.7. The molecular formula is C26H28ClN3O2. The highest BCUT2D eigenvalue weighted by molar-refractivity contribution is 6.30. The van der Waals surface area contributed by atoms with Crippen molar-refractivity contribution in [1.82, 2.24) is 14.9 Å². The minimum absolute atomic E-state index is 0.109. The molecule has 1 fully saturated rings. The SMILES string of the molecule is Cc1cc(C)c(-c2nc3c([nH]2)COCC3)cc1C(=O)N1CCC(c2ccc(Cl)cc2)CC1. The summed E-state index contributed by atoms with van der Waals surface area (Å²) in [7, 11) is 0. The summed E-state index contributed by atoms with van der Waals surface area (Å²) in [5.41, 5.74) is 7.31. The van der Waals surface area contributed by atoms with E-state index in [9.17, 15) is 4.79 Å². The number of hydrogen-bond donors (Lipinski definition) is 1. The van der Waals surface area contributed by atoms with Crippen LogP contribution in [0.15, 0.2) is 36.4 Å². The van der Waals surface area contributed by atoms with E-state index in [1.807, 2.05) is 30.0 Å². The van der Waals surface area contributed by atoms with Gasteiger partial charge in [-0.15, -0.1) is 0 Å². The minimum atomic E-state index is 0.109. The Bertz CT molecular complexity index is 1120. The van der Waals surface area contributed by atoms with Crippen molar-refractivity contribution in [2.24, 2.45) is 0 Å². The molecule has 2 aliphatic rings. The van der Waals surface area contributed by atoms with E-state index in [0.717, 1.165) is 76.8 Å². The molecule has 0 unspecified atom stereocenters. The summed E-state index contributed by atoms with van der Waals surface area (Å²) < 4.78 is 5.54. The van der Waals surface area contributed by atoms with Gasteiger partial charge in [0.2, 0.25) is 0 Å². The zero-order chi connectivity index (χ0) is 22.2. The Morgan fingerprint density at radius 3 is 2.59 bits per heavy atom. The van der Waals surface area contributed by atoms with Crippen molar-refractivity contribution < 1.29 is 9.53 Å². The van der Waals surface area contributed by atoms with Gasteiger partial charge in [0.1, 0.15) is 5.82 Å². The van der Waals surface area contributed by atoms with E-state index >= 15 is 0 Å². The van der Waals surface area contributed by atoms with Crippen LogP contribution in [0.25, 0.3) is 11.4 Å². The van der Waals surface area contributed by atoms with Crippen LogP contribution in [0.5, 0.6) is 0 Å². The van der Waals surface area contributed by atoms with Gasteiger partial charge in [0.05, 0.1) is 24.6 Å². The quantitative estimate of drug-likeness (QED) is 0.579. The van der Waals surface area contributed by atoms with Gasteiger partial charge in [-0.05, 0) is 67.5 Å². The number of nitrogens with one attached hydrogen (secondary N) is 1. The molecule has 5 nitrogen and oxygen atoms in total. The number of likely N-dealkylation sites (tertiary alicyclic amines) is 1. The Balaban J connectivity index is 1.35. The van der Waals surface area contributed by atoms with Gasteiger partial charge < -0.3 is 14.6 Å². The molecule has 2 aliphatic heterocycles. The van der Waals surface area contributed by atoms with Crippen molar-refractivity contribution in [3.05, 3.63) is 75.1 Å². The second-order valence-electron chi connectivity index (χ2n) is 8.91. The molecular weight excluding hydrogens is 422 g/mol. The summed E-state index contributed by atoms with van der Waals surface area (Å²) >= 11 is 6.03. The van der Waals surface area contributed by atoms with Gasteiger partial charge in [0.15, 0.2) is 0 Å². The molecule has 1 aromatic heterocycles. The van der Waals surface area contributed by atoms with E-state index in [1.54, 1.807) is 0 Å². The molecule has 1 N–H and O–H groups in total. The van der Waals surface area contributed by atoms with Crippen LogP contribution in [0.1, 0.15) is 57.2 Å². The number of fused-ring (bicyclic) bond motifs is 1. The van der Waals surface area contributed by atoms with Gasteiger partial charge in [-0.3, -0.25) is 4.79 Å². The van der Waals surface area contributed by atoms with E-state index in [0.29, 0.717) is 19.1 Å². The lowest BCUT2D eigenvalue weighted by Crippen LogP contribution is -2.38. The number of benzene rings is 2. The minimum Gasteiger partial charge on any atom is -0.375 e. The maximum absolute atomic E-state index is 13.5. The standard InChI is InChI=1S/C26H28ClN3O2/c1-16-13-17(2)22(14-21(16)25-28-23-9-12-32-15-24(23)29-25)26(31)30-10-7-19(8-11-30)18-3-5-20(27)6-4-18/h3-6,13-14,19H,7-12,15H2,1-2H3,(H,28,29). The van der Waals surface area contributed by atoms with Crippen LogP contribution in [0.4, 0.5) is 0 Å². The number of nitrogens with zero attached hydrogens (tertiary/aromatic N) is 2. The molecule has 3 aromatic rings. The molecule has 0 spiro atoms. The summed E-state index contributed by atoms with van der Waals surface area (Å²) in [6.07, 6.45) is 2.76. The smallest absolute Gasteiger partial charge is 0.254 e. The fraction of sp³-hybridized carbons (Fsp3) is 0.385. The topological polar surface area (TPSA) is 58.2 Å². The lowest BCUT2D eigenvalue weighted by Gasteiger charge is -2.32. The zero-order valence-electron chi connectivity index (χ0n) is 18.6. The van der Waals surface area contributed by atoms with Crippen LogP contribution >= 0.6 is 11.6 Å². The summed E-state index contributed by atoms with van der Waals surface area (Å²) in [5.74, 6) is 1.41. The Morgan fingerprint density at radius 2 is 1.88 bits per heavy atom. The highest BCUT2D eigenvalue weighted by atomic mass is 35.5. The number of hydrogen-bond acceptors (Lipinski definition) is 3. The fourth-order valence-corrected chi connectivity index (χ4v) is 5.03. The lowest BCUT2D eigenvalue weighted by atomic mass is 9.89. The van der Waals surface area contributed by atoms with Gasteiger partial charge in [-0.2, -0.15) is 0 Å². The number of aryl methyl sites for hydroxylation is 2. The third-order valence-corrected chi connectivity index (χ3v) is 7.03. The third-order valence-electron chi connectivity index (χ3n) is 6.77. The lowest BCUT2D eigenvalue weighted by molar-refractivity contribution is 0.0712. The molecule has 1 saturated heterocycles. The average Bonchev–Trinajstić information content (AvgIpc) is 3.23. The van der Waals surface area contributed by atoms with Crippen molar-refractivity contribution in [2.75, 3.05) is 19.7 Å². The van der Waals surface area contributed by atoms with Crippen molar-refractivity contribution in [3.63, 3.8) is 0 Å². The number of rotatable bonds is 3. The number of halogens is 1. The van der Waals surface area contributed by atoms with Crippen LogP contribution in [-0.4, -0.2) is 40.5 Å².